The summed E-state index contributed by atoms with van der Waals surface area (Å²) >= 11 is 0. The first kappa shape index (κ1) is 12.3. The molecule has 2 saturated heterocycles. The van der Waals surface area contributed by atoms with Crippen molar-refractivity contribution < 1.29 is 24.5 Å². The van der Waals surface area contributed by atoms with Crippen molar-refractivity contribution in [3.63, 3.8) is 0 Å². The van der Waals surface area contributed by atoms with Crippen molar-refractivity contribution in [1.29, 1.82) is 0 Å². The molecular weight excluding hydrogens is 228 g/mol. The Hall–Kier alpha value is -1.18. The zero-order valence-electron chi connectivity index (χ0n) is 9.26. The van der Waals surface area contributed by atoms with E-state index in [1.165, 1.54) is 0 Å². The molecule has 2 aliphatic heterocycles. The number of esters is 1. The van der Waals surface area contributed by atoms with Crippen molar-refractivity contribution >= 4 is 11.9 Å². The van der Waals surface area contributed by atoms with E-state index in [0.29, 0.717) is 19.5 Å². The maximum absolute atomic E-state index is 11.7. The number of hydrogen-bond donors (Lipinski definition) is 4. The summed E-state index contributed by atoms with van der Waals surface area (Å²) in [5.74, 6) is -1.45. The third-order valence-electron chi connectivity index (χ3n) is 3.11. The third kappa shape index (κ3) is 2.74. The highest BCUT2D eigenvalue weighted by Gasteiger charge is 2.36. The fraction of sp³-hybridized carbons (Fsp3) is 0.800. The number of hydrogen-bond acceptors (Lipinski definition) is 6. The Kier molecular flexibility index (Phi) is 3.60. The first-order chi connectivity index (χ1) is 8.08. The number of carbonyl (C=O) groups is 2. The fourth-order valence-electron chi connectivity index (χ4n) is 2.15. The van der Waals surface area contributed by atoms with Crippen LogP contribution in [0.3, 0.4) is 0 Å². The minimum atomic E-state index is -0.942. The number of nitrogens with one attached hydrogen (secondary N) is 2. The summed E-state index contributed by atoms with van der Waals surface area (Å²) in [5, 5.41) is 23.9. The predicted octanol–water partition coefficient (Wildman–Crippen LogP) is -1.93. The van der Waals surface area contributed by atoms with E-state index in [9.17, 15) is 14.7 Å². The molecule has 7 nitrogen and oxygen atoms in total. The van der Waals surface area contributed by atoms with E-state index in [1.807, 2.05) is 0 Å². The molecule has 0 radical (unpaired) electrons. The van der Waals surface area contributed by atoms with Crippen LogP contribution in [0.25, 0.3) is 0 Å². The van der Waals surface area contributed by atoms with Gasteiger partial charge in [0.05, 0.1) is 6.10 Å². The van der Waals surface area contributed by atoms with Gasteiger partial charge in [0.15, 0.2) is 0 Å². The van der Waals surface area contributed by atoms with Gasteiger partial charge in [0.2, 0.25) is 0 Å². The van der Waals surface area contributed by atoms with Gasteiger partial charge in [0, 0.05) is 13.0 Å². The van der Waals surface area contributed by atoms with E-state index in [-0.39, 0.29) is 6.42 Å². The molecule has 96 valence electrons. The summed E-state index contributed by atoms with van der Waals surface area (Å²) in [6.45, 7) is 0.924. The molecule has 0 amide bonds. The van der Waals surface area contributed by atoms with E-state index in [4.69, 9.17) is 9.84 Å². The van der Waals surface area contributed by atoms with Crippen molar-refractivity contribution in [3.05, 3.63) is 0 Å². The van der Waals surface area contributed by atoms with Gasteiger partial charge in [-0.25, -0.2) is 0 Å². The van der Waals surface area contributed by atoms with Gasteiger partial charge in [-0.05, 0) is 13.0 Å². The minimum absolute atomic E-state index is 0.268. The summed E-state index contributed by atoms with van der Waals surface area (Å²) in [7, 11) is 0. The molecule has 0 aromatic heterocycles. The average molecular weight is 244 g/mol. The molecule has 0 aliphatic carbocycles. The highest BCUT2D eigenvalue weighted by Crippen LogP contribution is 2.14. The highest BCUT2D eigenvalue weighted by molar-refractivity contribution is 5.77. The summed E-state index contributed by atoms with van der Waals surface area (Å²) in [4.78, 5) is 22.4. The van der Waals surface area contributed by atoms with Crippen LogP contribution in [0.5, 0.6) is 0 Å². The SMILES string of the molecule is O=C(O)[C@@H]1CC(OC(=O)[C@H]2NCCC2O)CN1. The van der Waals surface area contributed by atoms with Crippen LogP contribution < -0.4 is 10.6 Å². The molecule has 17 heavy (non-hydrogen) atoms. The quantitative estimate of drug-likeness (QED) is 0.428. The number of rotatable bonds is 3. The molecule has 0 spiro atoms. The van der Waals surface area contributed by atoms with E-state index in [1.54, 1.807) is 0 Å². The van der Waals surface area contributed by atoms with Crippen molar-refractivity contribution in [2.24, 2.45) is 0 Å². The highest BCUT2D eigenvalue weighted by atomic mass is 16.5. The normalized spacial score (nSPS) is 37.0. The van der Waals surface area contributed by atoms with Crippen molar-refractivity contribution in [2.75, 3.05) is 13.1 Å². The van der Waals surface area contributed by atoms with Crippen molar-refractivity contribution in [3.8, 4) is 0 Å². The molecule has 2 unspecified atom stereocenters. The van der Waals surface area contributed by atoms with E-state index in [0.717, 1.165) is 0 Å². The standard InChI is InChI=1S/C10H16N2O5/c13-7-1-2-11-8(7)10(16)17-5-3-6(9(14)15)12-4-5/h5-8,11-13H,1-4H2,(H,14,15)/t5?,6-,7?,8-/m0/s1. The summed E-state index contributed by atoms with van der Waals surface area (Å²) in [6.07, 6.45) is -0.352. The number of carboxylic acid groups (broad SMARTS) is 1. The average Bonchev–Trinajstić information content (AvgIpc) is 2.86. The molecule has 2 fully saturated rings. The van der Waals surface area contributed by atoms with Crippen molar-refractivity contribution in [2.45, 2.75) is 37.1 Å². The van der Waals surface area contributed by atoms with Gasteiger partial charge in [-0.1, -0.05) is 0 Å². The van der Waals surface area contributed by atoms with Gasteiger partial charge >= 0.3 is 11.9 Å². The fourth-order valence-corrected chi connectivity index (χ4v) is 2.15. The van der Waals surface area contributed by atoms with Crippen LogP contribution in [0, 0.1) is 0 Å². The Morgan fingerprint density at radius 1 is 1.29 bits per heavy atom. The summed E-state index contributed by atoms with van der Waals surface area (Å²) < 4.78 is 5.16. The third-order valence-corrected chi connectivity index (χ3v) is 3.11. The smallest absolute Gasteiger partial charge is 0.326 e. The Morgan fingerprint density at radius 3 is 2.59 bits per heavy atom. The van der Waals surface area contributed by atoms with Gasteiger partial charge in [-0.2, -0.15) is 0 Å². The largest absolute Gasteiger partial charge is 0.480 e. The number of aliphatic carboxylic acids is 1. The second-order valence-corrected chi connectivity index (χ2v) is 4.38. The van der Waals surface area contributed by atoms with Crippen LogP contribution in [-0.4, -0.2) is 59.5 Å². The lowest BCUT2D eigenvalue weighted by atomic mass is 10.1. The number of ether oxygens (including phenoxy) is 1. The number of aliphatic hydroxyl groups excluding tert-OH is 1. The van der Waals surface area contributed by atoms with Crippen LogP contribution in [0.15, 0.2) is 0 Å². The Morgan fingerprint density at radius 2 is 2.06 bits per heavy atom. The zero-order chi connectivity index (χ0) is 12.4. The van der Waals surface area contributed by atoms with Crippen LogP contribution in [0.2, 0.25) is 0 Å². The molecule has 4 atom stereocenters. The van der Waals surface area contributed by atoms with Crippen LogP contribution in [0.4, 0.5) is 0 Å². The topological polar surface area (TPSA) is 108 Å². The monoisotopic (exact) mass is 244 g/mol. The van der Waals surface area contributed by atoms with E-state index >= 15 is 0 Å². The molecule has 2 rings (SSSR count). The second-order valence-electron chi connectivity index (χ2n) is 4.38. The summed E-state index contributed by atoms with van der Waals surface area (Å²) in [6, 6.07) is -1.34. The van der Waals surface area contributed by atoms with Gasteiger partial charge in [-0.15, -0.1) is 0 Å². The molecule has 0 saturated carbocycles. The van der Waals surface area contributed by atoms with Gasteiger partial charge in [0.25, 0.3) is 0 Å². The molecule has 4 N–H and O–H groups in total. The predicted molar refractivity (Wildman–Crippen MR) is 56.3 cm³/mol. The zero-order valence-corrected chi connectivity index (χ0v) is 9.26. The maximum Gasteiger partial charge on any atom is 0.326 e. The molecule has 0 aromatic rings. The Bertz CT molecular complexity index is 322. The summed E-state index contributed by atoms with van der Waals surface area (Å²) in [5.41, 5.74) is 0. The lowest BCUT2D eigenvalue weighted by molar-refractivity contribution is -0.153. The molecule has 7 heteroatoms. The Labute approximate surface area is 98.1 Å². The molecular formula is C10H16N2O5. The van der Waals surface area contributed by atoms with Gasteiger partial charge in [0.1, 0.15) is 18.2 Å². The first-order valence-corrected chi connectivity index (χ1v) is 5.66. The maximum atomic E-state index is 11.7. The lowest BCUT2D eigenvalue weighted by Crippen LogP contribution is -2.41. The lowest BCUT2D eigenvalue weighted by Gasteiger charge is -2.17. The van der Waals surface area contributed by atoms with Crippen molar-refractivity contribution in [1.82, 2.24) is 10.6 Å². The minimum Gasteiger partial charge on any atom is -0.480 e. The first-order valence-electron chi connectivity index (χ1n) is 5.66. The molecule has 2 heterocycles. The Balaban J connectivity index is 1.82. The number of aliphatic hydroxyl groups is 1. The molecule has 0 bridgehead atoms. The van der Waals surface area contributed by atoms with E-state index < -0.39 is 36.2 Å². The van der Waals surface area contributed by atoms with E-state index in [2.05, 4.69) is 10.6 Å². The van der Waals surface area contributed by atoms with Gasteiger partial charge in [-0.3, -0.25) is 9.59 Å². The number of carboxylic acids is 1. The van der Waals surface area contributed by atoms with Gasteiger partial charge < -0.3 is 25.6 Å². The second kappa shape index (κ2) is 4.99. The number of carbonyl (C=O) groups excluding carboxylic acids is 1. The molecule has 2 aliphatic rings. The van der Waals surface area contributed by atoms with Crippen LogP contribution in [-0.2, 0) is 14.3 Å². The molecule has 0 aromatic carbocycles. The van der Waals surface area contributed by atoms with Crippen LogP contribution >= 0.6 is 0 Å². The van der Waals surface area contributed by atoms with Crippen LogP contribution in [0.1, 0.15) is 12.8 Å².